The Bertz CT molecular complexity index is 2910. The topological polar surface area (TPSA) is 519 Å². The Balaban J connectivity index is 1.08. The van der Waals surface area contributed by atoms with Crippen molar-refractivity contribution in [3.63, 3.8) is 0 Å². The molecule has 1 aliphatic carbocycles. The molecule has 7 amide bonds. The Morgan fingerprint density at radius 2 is 0.627 bits per heavy atom. The van der Waals surface area contributed by atoms with Crippen LogP contribution in [0.5, 0.6) is 0 Å². The molecule has 16 N–H and O–H groups in total. The minimum Gasteiger partial charge on any atom is -0.480 e. The van der Waals surface area contributed by atoms with Crippen LogP contribution in [0.1, 0.15) is 120 Å². The number of amides is 7. The van der Waals surface area contributed by atoms with E-state index in [0.717, 1.165) is 11.1 Å². The summed E-state index contributed by atoms with van der Waals surface area (Å²) >= 11 is 0. The zero-order valence-corrected chi connectivity index (χ0v) is 69.1. The molecule has 674 valence electrons. The number of Topliss-reactive ketones (excluding diaryl/α,β-unsaturated/α-hetero) is 1. The summed E-state index contributed by atoms with van der Waals surface area (Å²) < 4.78 is 88.6. The summed E-state index contributed by atoms with van der Waals surface area (Å²) in [5, 5.41) is 25.7. The third kappa shape index (κ3) is 54.9. The largest absolute Gasteiger partial charge is 0.480 e. The summed E-state index contributed by atoms with van der Waals surface area (Å²) in [7, 11) is 0. The van der Waals surface area contributed by atoms with E-state index in [2.05, 4.69) is 61.6 Å². The predicted molar refractivity (Wildman–Crippen MR) is 433 cm³/mol. The normalized spacial score (nSPS) is 12.7. The lowest BCUT2D eigenvalue weighted by Crippen LogP contribution is -2.47. The third-order valence-corrected chi connectivity index (χ3v) is 17.6. The standard InChI is InChI=1S/C80H137N11O27/c81-25-9-5-17-68(72(92)62-116-58-57-114-54-53-110-45-39-104-33-23-75(95)89-70(19-7-11-27-83)78(98)91-118-60-59-115-56-55-111-46-40-105-34-24-76(96)90-71(79(99)100)20-8-12-28-84)87-73(93)21-31-102-37-43-108-49-51-112-47-41-106-35-29-85-77(97)69(18-6-10-26-82)88-74(94)22-32-103-38-44-109-50-52-113-48-42-107-36-30-86-80(101)117-61-67-65-15-3-1-13-63(65)64-14-2-4-16-66(64)67/h1-4,13-16,67-71H,5-12,17-62,81-84H2,(H,85,97)(H,86,101)(H,87,93)(H,88,94)(H,89,95)(H,90,96)(H,91,98)(H,99,100). The quantitative estimate of drug-likeness (QED) is 0.0319. The molecule has 0 fully saturated rings. The number of carboxylic acids is 1. The molecule has 38 heteroatoms. The van der Waals surface area contributed by atoms with Gasteiger partial charge in [0.15, 0.2) is 5.78 Å². The number of benzene rings is 2. The van der Waals surface area contributed by atoms with Crippen molar-refractivity contribution in [3.8, 4) is 11.1 Å². The fourth-order valence-electron chi connectivity index (χ4n) is 11.3. The molecule has 0 aromatic heterocycles. The van der Waals surface area contributed by atoms with Crippen molar-refractivity contribution in [1.29, 1.82) is 0 Å². The number of carbonyl (C=O) groups is 9. The number of nitrogens with one attached hydrogen (secondary N) is 7. The third-order valence-electron chi connectivity index (χ3n) is 17.6. The van der Waals surface area contributed by atoms with Gasteiger partial charge in [0.1, 0.15) is 31.3 Å². The number of unbranched alkanes of at least 4 members (excludes halogenated alkanes) is 4. The van der Waals surface area contributed by atoms with E-state index in [1.165, 1.54) is 11.1 Å². The van der Waals surface area contributed by atoms with Crippen LogP contribution in [0, 0.1) is 0 Å². The van der Waals surface area contributed by atoms with Crippen molar-refractivity contribution >= 4 is 53.3 Å². The summed E-state index contributed by atoms with van der Waals surface area (Å²) in [5.74, 6) is -3.68. The number of carbonyl (C=O) groups excluding carboxylic acids is 8. The Hall–Kier alpha value is -7.13. The highest BCUT2D eigenvalue weighted by atomic mass is 16.7. The molecule has 0 heterocycles. The van der Waals surface area contributed by atoms with Crippen LogP contribution in [0.2, 0.25) is 0 Å². The van der Waals surface area contributed by atoms with Gasteiger partial charge in [0, 0.05) is 44.7 Å². The van der Waals surface area contributed by atoms with E-state index in [1.54, 1.807) is 0 Å². The molecule has 0 radical (unpaired) electrons. The van der Waals surface area contributed by atoms with Gasteiger partial charge in [-0.25, -0.2) is 15.1 Å². The van der Waals surface area contributed by atoms with Gasteiger partial charge in [-0.3, -0.25) is 38.4 Å². The number of alkyl carbamates (subject to hydrolysis) is 1. The highest BCUT2D eigenvalue weighted by Crippen LogP contribution is 2.44. The molecule has 4 unspecified atom stereocenters. The summed E-state index contributed by atoms with van der Waals surface area (Å²) in [6, 6.07) is 13.1. The molecule has 3 rings (SSSR count). The number of nitrogens with two attached hydrogens (primary N) is 4. The number of ketones is 1. The molecule has 0 saturated carbocycles. The summed E-state index contributed by atoms with van der Waals surface area (Å²) in [4.78, 5) is 118. The first kappa shape index (κ1) is 105. The maximum absolute atomic E-state index is 13.1. The van der Waals surface area contributed by atoms with Crippen LogP contribution in [-0.2, 0) is 119 Å². The summed E-state index contributed by atoms with van der Waals surface area (Å²) in [6.07, 6.45) is 6.34. The van der Waals surface area contributed by atoms with Gasteiger partial charge in [0.05, 0.1) is 204 Å². The second kappa shape index (κ2) is 73.8. The van der Waals surface area contributed by atoms with Crippen LogP contribution in [0.4, 0.5) is 4.79 Å². The number of ether oxygens (including phenoxy) is 16. The molecular weight excluding hydrogens is 1550 g/mol. The molecule has 2 aromatic carbocycles. The van der Waals surface area contributed by atoms with Gasteiger partial charge in [-0.15, -0.1) is 0 Å². The Labute approximate surface area is 694 Å². The van der Waals surface area contributed by atoms with Crippen molar-refractivity contribution in [3.05, 3.63) is 59.7 Å². The molecule has 0 saturated heterocycles. The first-order valence-electron chi connectivity index (χ1n) is 41.4. The van der Waals surface area contributed by atoms with Crippen LogP contribution in [0.3, 0.4) is 0 Å². The van der Waals surface area contributed by atoms with Crippen molar-refractivity contribution in [1.82, 2.24) is 37.4 Å². The number of aliphatic carboxylic acids is 1. The average Bonchev–Trinajstić information content (AvgIpc) is 1.62. The maximum Gasteiger partial charge on any atom is 0.407 e. The molecule has 4 atom stereocenters. The van der Waals surface area contributed by atoms with Gasteiger partial charge in [0.25, 0.3) is 5.91 Å². The highest BCUT2D eigenvalue weighted by Gasteiger charge is 2.30. The van der Waals surface area contributed by atoms with E-state index in [0.29, 0.717) is 169 Å². The van der Waals surface area contributed by atoms with E-state index in [9.17, 15) is 48.3 Å². The van der Waals surface area contributed by atoms with E-state index in [4.69, 9.17) is 104 Å². The van der Waals surface area contributed by atoms with Crippen LogP contribution in [0.25, 0.3) is 11.1 Å². The van der Waals surface area contributed by atoms with E-state index in [-0.39, 0.29) is 220 Å². The second-order valence-electron chi connectivity index (χ2n) is 26.9. The maximum atomic E-state index is 13.1. The Kier molecular flexibility index (Phi) is 65.7. The molecule has 0 bridgehead atoms. The van der Waals surface area contributed by atoms with Gasteiger partial charge in [0.2, 0.25) is 29.5 Å². The minimum atomic E-state index is -1.09. The molecule has 38 nitrogen and oxygen atoms in total. The number of rotatable bonds is 83. The molecule has 0 spiro atoms. The first-order chi connectivity index (χ1) is 57.7. The molecule has 1 aliphatic rings. The van der Waals surface area contributed by atoms with Crippen molar-refractivity contribution in [2.75, 3.05) is 251 Å². The number of hydrogen-bond donors (Lipinski definition) is 12. The zero-order valence-electron chi connectivity index (χ0n) is 69.1. The lowest BCUT2D eigenvalue weighted by atomic mass is 9.98. The van der Waals surface area contributed by atoms with Gasteiger partial charge in [-0.05, 0) is 125 Å². The predicted octanol–water partition coefficient (Wildman–Crippen LogP) is 0.607. The average molecular weight is 1690 g/mol. The SMILES string of the molecule is NCCCCC(NC(=O)CCOCCOCCOCCONC(=O)C(CCCCN)NC(=O)CCOCCOCCOCCOCC(=O)C(CCCCN)NC(=O)CCOCCOCCOCCOCCNC(=O)C(CCCCN)NC(=O)CCOCCOCCOCCOCCNC(=O)OCC1c2ccccc2-c2ccccc21)C(=O)O. The van der Waals surface area contributed by atoms with Gasteiger partial charge >= 0.3 is 12.1 Å². The van der Waals surface area contributed by atoms with Crippen LogP contribution >= 0.6 is 0 Å². The van der Waals surface area contributed by atoms with Crippen LogP contribution in [-0.4, -0.2) is 333 Å². The summed E-state index contributed by atoms with van der Waals surface area (Å²) in [6.45, 7) is 9.63. The minimum absolute atomic E-state index is 0.00485. The monoisotopic (exact) mass is 1680 g/mol. The van der Waals surface area contributed by atoms with Crippen LogP contribution in [0.15, 0.2) is 48.5 Å². The summed E-state index contributed by atoms with van der Waals surface area (Å²) in [5.41, 5.74) is 29.4. The fraction of sp³-hybridized carbons (Fsp3) is 0.738. The van der Waals surface area contributed by atoms with E-state index < -0.39 is 48.0 Å². The smallest absolute Gasteiger partial charge is 0.407 e. The second-order valence-corrected chi connectivity index (χ2v) is 26.9. The number of hydrogen-bond acceptors (Lipinski definition) is 30. The number of fused-ring (bicyclic) bond motifs is 3. The molecular formula is C80H137N11O27. The zero-order chi connectivity index (χ0) is 85.2. The van der Waals surface area contributed by atoms with Gasteiger partial charge < -0.3 is 136 Å². The fourth-order valence-corrected chi connectivity index (χ4v) is 11.3. The van der Waals surface area contributed by atoms with Gasteiger partial charge in [-0.1, -0.05) is 48.5 Å². The molecule has 118 heavy (non-hydrogen) atoms. The number of carboxylic acid groups (broad SMARTS) is 1. The number of hydroxylamine groups is 1. The molecule has 2 aromatic rings. The van der Waals surface area contributed by atoms with E-state index in [1.807, 2.05) is 24.3 Å². The van der Waals surface area contributed by atoms with Crippen LogP contribution < -0.4 is 60.3 Å². The Morgan fingerprint density at radius 1 is 0.331 bits per heavy atom. The lowest BCUT2D eigenvalue weighted by Gasteiger charge is -2.18. The Morgan fingerprint density at radius 3 is 1.00 bits per heavy atom. The lowest BCUT2D eigenvalue weighted by molar-refractivity contribution is -0.142. The first-order valence-corrected chi connectivity index (χ1v) is 41.4. The van der Waals surface area contributed by atoms with Gasteiger partial charge in [-0.2, -0.15) is 0 Å². The van der Waals surface area contributed by atoms with E-state index >= 15 is 0 Å². The van der Waals surface area contributed by atoms with Crippen molar-refractivity contribution < 1.29 is 129 Å². The van der Waals surface area contributed by atoms with Crippen molar-refractivity contribution in [2.45, 2.75) is 133 Å². The van der Waals surface area contributed by atoms with Crippen molar-refractivity contribution in [2.24, 2.45) is 22.9 Å². The molecule has 0 aliphatic heterocycles. The highest BCUT2D eigenvalue weighted by molar-refractivity contribution is 5.90.